The van der Waals surface area contributed by atoms with Gasteiger partial charge in [0, 0.05) is 65.3 Å². The molecule has 0 aliphatic heterocycles. The standard InChI is InChI=1S/C25H48N6O7.CH4O3S/c1-21(32)30(37)19-9-3-7-18-29-24(35)13-14-25(36)31(38)20-10-4-8-17-28-23(34)12-11-22(33)27-16-6-2-5-15-26;1-5(2,3)4/h37-38H,2-20,26H2,1H3,(H,27,33)(H,28,34)(H,29,35);1H3,(H,2,3,4). The molecule has 0 rings (SSSR count). The van der Waals surface area contributed by atoms with Gasteiger partial charge in [-0.2, -0.15) is 8.42 Å². The molecule has 0 unspecified atom stereocenters. The van der Waals surface area contributed by atoms with Gasteiger partial charge < -0.3 is 21.7 Å². The molecule has 0 fully saturated rings. The normalized spacial score (nSPS) is 10.7. The number of hydroxylamine groups is 4. The van der Waals surface area contributed by atoms with Gasteiger partial charge in [0.05, 0.1) is 6.26 Å². The zero-order valence-corrected chi connectivity index (χ0v) is 26.3. The predicted octanol–water partition coefficient (Wildman–Crippen LogP) is 0.325. The van der Waals surface area contributed by atoms with Crippen molar-refractivity contribution in [2.75, 3.05) is 45.5 Å². The molecule has 0 spiro atoms. The molecule has 0 aromatic rings. The molecule has 0 heterocycles. The summed E-state index contributed by atoms with van der Waals surface area (Å²) < 4.78 is 25.9. The average Bonchev–Trinajstić information content (AvgIpc) is 2.92. The zero-order chi connectivity index (χ0) is 33.1. The Morgan fingerprint density at radius 1 is 0.628 bits per heavy atom. The van der Waals surface area contributed by atoms with Crippen molar-refractivity contribution in [3.05, 3.63) is 0 Å². The van der Waals surface area contributed by atoms with Crippen molar-refractivity contribution >= 4 is 39.7 Å². The molecule has 0 saturated carbocycles. The quantitative estimate of drug-likeness (QED) is 0.0347. The fourth-order valence-corrected chi connectivity index (χ4v) is 3.38. The molecule has 5 amide bonds. The first-order valence-electron chi connectivity index (χ1n) is 14.6. The number of amides is 5. The minimum Gasteiger partial charge on any atom is -0.356 e. The van der Waals surface area contributed by atoms with E-state index in [-0.39, 0.29) is 56.5 Å². The highest BCUT2D eigenvalue weighted by Gasteiger charge is 2.13. The molecule has 0 aromatic heterocycles. The maximum absolute atomic E-state index is 12.0. The van der Waals surface area contributed by atoms with Gasteiger partial charge in [-0.25, -0.2) is 10.1 Å². The van der Waals surface area contributed by atoms with Crippen molar-refractivity contribution in [2.24, 2.45) is 5.73 Å². The maximum Gasteiger partial charge on any atom is 0.261 e. The van der Waals surface area contributed by atoms with Gasteiger partial charge in [0.2, 0.25) is 29.5 Å². The van der Waals surface area contributed by atoms with E-state index in [4.69, 9.17) is 10.3 Å². The van der Waals surface area contributed by atoms with E-state index in [0.717, 1.165) is 25.7 Å². The van der Waals surface area contributed by atoms with E-state index in [1.165, 1.54) is 6.92 Å². The van der Waals surface area contributed by atoms with Crippen molar-refractivity contribution in [1.29, 1.82) is 0 Å². The summed E-state index contributed by atoms with van der Waals surface area (Å²) in [6.45, 7) is 3.78. The van der Waals surface area contributed by atoms with Gasteiger partial charge in [-0.15, -0.1) is 0 Å². The summed E-state index contributed by atoms with van der Waals surface area (Å²) in [5.74, 6) is -1.56. The Hall–Kier alpha value is -2.86. The van der Waals surface area contributed by atoms with Gasteiger partial charge in [0.1, 0.15) is 0 Å². The Balaban J connectivity index is 0. The van der Waals surface area contributed by atoms with Crippen molar-refractivity contribution in [3.63, 3.8) is 0 Å². The molecular formula is C26H52N6O10S. The van der Waals surface area contributed by atoms with E-state index in [1.807, 2.05) is 0 Å². The van der Waals surface area contributed by atoms with Crippen LogP contribution in [0.5, 0.6) is 0 Å². The Bertz CT molecular complexity index is 912. The summed E-state index contributed by atoms with van der Waals surface area (Å²) in [4.78, 5) is 58.2. The molecule has 0 aliphatic carbocycles. The third kappa shape index (κ3) is 33.5. The molecule has 0 atom stereocenters. The highest BCUT2D eigenvalue weighted by Crippen LogP contribution is 2.02. The van der Waals surface area contributed by atoms with E-state index in [1.54, 1.807) is 0 Å². The Morgan fingerprint density at radius 3 is 1.35 bits per heavy atom. The Morgan fingerprint density at radius 2 is 0.977 bits per heavy atom. The lowest BCUT2D eigenvalue weighted by Gasteiger charge is -2.15. The molecule has 8 N–H and O–H groups in total. The van der Waals surface area contributed by atoms with Gasteiger partial charge in [-0.05, 0) is 57.9 Å². The number of nitrogens with one attached hydrogen (secondary N) is 3. The van der Waals surface area contributed by atoms with Gasteiger partial charge in [-0.3, -0.25) is 38.9 Å². The molecule has 0 bridgehead atoms. The number of hydrogen-bond acceptors (Lipinski definition) is 10. The predicted molar refractivity (Wildman–Crippen MR) is 158 cm³/mol. The minimum atomic E-state index is -3.67. The fourth-order valence-electron chi connectivity index (χ4n) is 3.38. The SMILES string of the molecule is CC(=O)N(O)CCCCCNC(=O)CCC(=O)N(O)CCCCCNC(=O)CCC(=O)NCCCCCN.CS(=O)(=O)O. The Labute approximate surface area is 254 Å². The monoisotopic (exact) mass is 640 g/mol. The molecule has 17 heteroatoms. The summed E-state index contributed by atoms with van der Waals surface area (Å²) in [6.07, 6.45) is 7.58. The van der Waals surface area contributed by atoms with Gasteiger partial charge >= 0.3 is 0 Å². The van der Waals surface area contributed by atoms with Crippen LogP contribution in [-0.4, -0.2) is 109 Å². The van der Waals surface area contributed by atoms with E-state index in [2.05, 4.69) is 16.0 Å². The number of carbonyl (C=O) groups is 5. The van der Waals surface area contributed by atoms with Crippen LogP contribution in [0.25, 0.3) is 0 Å². The van der Waals surface area contributed by atoms with E-state index < -0.39 is 21.9 Å². The van der Waals surface area contributed by atoms with Crippen LogP contribution in [-0.2, 0) is 34.1 Å². The van der Waals surface area contributed by atoms with Crippen LogP contribution < -0.4 is 21.7 Å². The number of carbonyl (C=O) groups excluding carboxylic acids is 5. The molecular weight excluding hydrogens is 588 g/mol. The molecule has 16 nitrogen and oxygen atoms in total. The van der Waals surface area contributed by atoms with E-state index >= 15 is 0 Å². The van der Waals surface area contributed by atoms with Gasteiger partial charge in [0.15, 0.2) is 0 Å². The van der Waals surface area contributed by atoms with Gasteiger partial charge in [-0.1, -0.05) is 6.42 Å². The second kappa shape index (κ2) is 26.7. The smallest absolute Gasteiger partial charge is 0.261 e. The number of unbranched alkanes of at least 4 members (excludes halogenated alkanes) is 6. The van der Waals surface area contributed by atoms with E-state index in [0.29, 0.717) is 74.7 Å². The zero-order valence-electron chi connectivity index (χ0n) is 25.5. The highest BCUT2D eigenvalue weighted by molar-refractivity contribution is 7.85. The van der Waals surface area contributed by atoms with Crippen molar-refractivity contribution < 1.29 is 47.4 Å². The largest absolute Gasteiger partial charge is 0.356 e. The summed E-state index contributed by atoms with van der Waals surface area (Å²) in [6, 6.07) is 0. The molecule has 0 radical (unpaired) electrons. The molecule has 0 aliphatic rings. The first-order valence-corrected chi connectivity index (χ1v) is 16.4. The van der Waals surface area contributed by atoms with Crippen LogP contribution in [0.15, 0.2) is 0 Å². The van der Waals surface area contributed by atoms with Crippen LogP contribution in [0, 0.1) is 0 Å². The number of rotatable bonds is 23. The van der Waals surface area contributed by atoms with Crippen LogP contribution in [0.4, 0.5) is 0 Å². The summed E-state index contributed by atoms with van der Waals surface area (Å²) in [7, 11) is -3.67. The third-order valence-electron chi connectivity index (χ3n) is 5.74. The summed E-state index contributed by atoms with van der Waals surface area (Å²) >= 11 is 0. The maximum atomic E-state index is 12.0. The topological polar surface area (TPSA) is 249 Å². The minimum absolute atomic E-state index is 0.0248. The van der Waals surface area contributed by atoms with Crippen molar-refractivity contribution in [2.45, 2.75) is 90.4 Å². The Kier molecular flexibility index (Phi) is 26.3. The first-order chi connectivity index (χ1) is 20.2. The molecule has 0 aromatic carbocycles. The van der Waals surface area contributed by atoms with Crippen LogP contribution in [0.3, 0.4) is 0 Å². The number of hydrogen-bond donors (Lipinski definition) is 7. The number of nitrogens with two attached hydrogens (primary N) is 1. The van der Waals surface area contributed by atoms with Crippen LogP contribution >= 0.6 is 0 Å². The highest BCUT2D eigenvalue weighted by atomic mass is 32.2. The van der Waals surface area contributed by atoms with Crippen molar-refractivity contribution in [3.8, 4) is 0 Å². The lowest BCUT2D eigenvalue weighted by Crippen LogP contribution is -2.31. The molecule has 252 valence electrons. The van der Waals surface area contributed by atoms with Gasteiger partial charge in [0.25, 0.3) is 10.1 Å². The van der Waals surface area contributed by atoms with E-state index in [9.17, 15) is 42.8 Å². The molecule has 43 heavy (non-hydrogen) atoms. The van der Waals surface area contributed by atoms with Crippen LogP contribution in [0.1, 0.15) is 90.4 Å². The summed E-state index contributed by atoms with van der Waals surface area (Å²) in [5.41, 5.74) is 5.41. The third-order valence-corrected chi connectivity index (χ3v) is 5.74. The van der Waals surface area contributed by atoms with Crippen LogP contribution in [0.2, 0.25) is 0 Å². The first kappa shape index (κ1) is 42.3. The van der Waals surface area contributed by atoms with Crippen molar-refractivity contribution in [1.82, 2.24) is 26.1 Å². The second-order valence-corrected chi connectivity index (χ2v) is 11.4. The number of nitrogens with zero attached hydrogens (tertiary/aromatic N) is 2. The summed E-state index contributed by atoms with van der Waals surface area (Å²) in [5, 5.41) is 28.6. The molecule has 0 saturated heterocycles. The fraction of sp³-hybridized carbons (Fsp3) is 0.808. The second-order valence-electron chi connectivity index (χ2n) is 9.91. The average molecular weight is 641 g/mol. The lowest BCUT2D eigenvalue weighted by molar-refractivity contribution is -0.166. The lowest BCUT2D eigenvalue weighted by atomic mass is 10.2.